The molecular weight excluding hydrogens is 216 g/mol. The van der Waals surface area contributed by atoms with Gasteiger partial charge in [0, 0.05) is 4.70 Å². The van der Waals surface area contributed by atoms with E-state index >= 15 is 0 Å². The maximum Gasteiger partial charge on any atom is 0.101 e. The molecule has 2 rings (SSSR count). The first-order valence-electron chi connectivity index (χ1n) is 3.78. The second kappa shape index (κ2) is 3.31. The first kappa shape index (κ1) is 9.02. The van der Waals surface area contributed by atoms with Crippen LogP contribution in [-0.4, -0.2) is 0 Å². The molecule has 0 bridgehead atoms. The Morgan fingerprint density at radius 1 is 1.07 bits per heavy atom. The standard InChI is InChI=1S/C10H3ClN2S/c11-10-3-6-1-7(4-12)8(5-13)2-9(6)14-10/h1-3H. The van der Waals surface area contributed by atoms with Crippen molar-refractivity contribution in [3.63, 3.8) is 0 Å². The van der Waals surface area contributed by atoms with Gasteiger partial charge in [-0.1, -0.05) is 11.6 Å². The molecule has 0 amide bonds. The molecule has 4 heteroatoms. The molecule has 2 aromatic rings. The molecule has 1 heterocycles. The van der Waals surface area contributed by atoms with Gasteiger partial charge in [0.2, 0.25) is 0 Å². The van der Waals surface area contributed by atoms with Gasteiger partial charge in [-0.15, -0.1) is 11.3 Å². The quantitative estimate of drug-likeness (QED) is 0.681. The lowest BCUT2D eigenvalue weighted by Gasteiger charge is -1.93. The van der Waals surface area contributed by atoms with E-state index in [1.165, 1.54) is 11.3 Å². The molecule has 0 spiro atoms. The smallest absolute Gasteiger partial charge is 0.101 e. The Hall–Kier alpha value is -1.55. The van der Waals surface area contributed by atoms with Crippen LogP contribution in [0.25, 0.3) is 10.1 Å². The van der Waals surface area contributed by atoms with Gasteiger partial charge in [0.15, 0.2) is 0 Å². The second-order valence-corrected chi connectivity index (χ2v) is 4.42. The lowest BCUT2D eigenvalue weighted by atomic mass is 10.1. The van der Waals surface area contributed by atoms with E-state index in [1.807, 2.05) is 12.1 Å². The van der Waals surface area contributed by atoms with Crippen LogP contribution in [0.1, 0.15) is 11.1 Å². The Balaban J connectivity index is 2.84. The molecule has 0 aliphatic rings. The maximum absolute atomic E-state index is 8.79. The fraction of sp³-hybridized carbons (Fsp3) is 0. The van der Waals surface area contributed by atoms with E-state index in [4.69, 9.17) is 22.1 Å². The van der Waals surface area contributed by atoms with Gasteiger partial charge >= 0.3 is 0 Å². The number of hydrogen-bond donors (Lipinski definition) is 0. The summed E-state index contributed by atoms with van der Waals surface area (Å²) in [4.78, 5) is 0. The van der Waals surface area contributed by atoms with Gasteiger partial charge in [0.05, 0.1) is 15.5 Å². The van der Waals surface area contributed by atoms with Crippen molar-refractivity contribution in [1.82, 2.24) is 0 Å². The third kappa shape index (κ3) is 1.33. The Kier molecular flexibility index (Phi) is 2.13. The zero-order valence-electron chi connectivity index (χ0n) is 6.91. The minimum absolute atomic E-state index is 0.398. The van der Waals surface area contributed by atoms with Gasteiger partial charge in [-0.3, -0.25) is 0 Å². The van der Waals surface area contributed by atoms with Crippen molar-refractivity contribution in [2.75, 3.05) is 0 Å². The van der Waals surface area contributed by atoms with Crippen molar-refractivity contribution < 1.29 is 0 Å². The van der Waals surface area contributed by atoms with Crippen LogP contribution in [0.4, 0.5) is 0 Å². The van der Waals surface area contributed by atoms with Crippen molar-refractivity contribution in [1.29, 1.82) is 10.5 Å². The van der Waals surface area contributed by atoms with E-state index in [9.17, 15) is 0 Å². The third-order valence-electron chi connectivity index (χ3n) is 1.87. The normalized spacial score (nSPS) is 9.64. The number of hydrogen-bond acceptors (Lipinski definition) is 3. The summed E-state index contributed by atoms with van der Waals surface area (Å²) in [6.45, 7) is 0. The lowest BCUT2D eigenvalue weighted by molar-refractivity contribution is 1.45. The fourth-order valence-corrected chi connectivity index (χ4v) is 2.41. The molecule has 0 atom stereocenters. The van der Waals surface area contributed by atoms with Crippen LogP contribution >= 0.6 is 22.9 Å². The highest BCUT2D eigenvalue weighted by Gasteiger charge is 2.06. The minimum atomic E-state index is 0.398. The van der Waals surface area contributed by atoms with E-state index in [2.05, 4.69) is 0 Å². The van der Waals surface area contributed by atoms with Crippen LogP contribution in [0.5, 0.6) is 0 Å². The van der Waals surface area contributed by atoms with Crippen molar-refractivity contribution in [2.45, 2.75) is 0 Å². The first-order chi connectivity index (χ1) is 6.74. The molecular formula is C10H3ClN2S. The van der Waals surface area contributed by atoms with Crippen LogP contribution in [0.3, 0.4) is 0 Å². The summed E-state index contributed by atoms with van der Waals surface area (Å²) >= 11 is 7.23. The highest BCUT2D eigenvalue weighted by atomic mass is 35.5. The molecule has 0 fully saturated rings. The fourth-order valence-electron chi connectivity index (χ4n) is 1.24. The molecule has 0 radical (unpaired) electrons. The predicted octanol–water partition coefficient (Wildman–Crippen LogP) is 3.30. The molecule has 0 saturated carbocycles. The third-order valence-corrected chi connectivity index (χ3v) is 3.09. The highest BCUT2D eigenvalue weighted by molar-refractivity contribution is 7.22. The average Bonchev–Trinajstić information content (AvgIpc) is 2.54. The number of fused-ring (bicyclic) bond motifs is 1. The molecule has 1 aromatic heterocycles. The SMILES string of the molecule is N#Cc1cc2cc(Cl)sc2cc1C#N. The van der Waals surface area contributed by atoms with Gasteiger partial charge in [0.1, 0.15) is 12.1 Å². The number of nitriles is 2. The topological polar surface area (TPSA) is 47.6 Å². The van der Waals surface area contributed by atoms with Crippen molar-refractivity contribution in [2.24, 2.45) is 0 Å². The summed E-state index contributed by atoms with van der Waals surface area (Å²) < 4.78 is 1.60. The highest BCUT2D eigenvalue weighted by Crippen LogP contribution is 2.31. The minimum Gasteiger partial charge on any atom is -0.192 e. The summed E-state index contributed by atoms with van der Waals surface area (Å²) in [5, 5.41) is 18.5. The molecule has 0 aliphatic carbocycles. The van der Waals surface area contributed by atoms with Crippen molar-refractivity contribution in [3.8, 4) is 12.1 Å². The van der Waals surface area contributed by atoms with Crippen LogP contribution in [0.2, 0.25) is 4.34 Å². The van der Waals surface area contributed by atoms with Gasteiger partial charge in [-0.2, -0.15) is 10.5 Å². The van der Waals surface area contributed by atoms with Crippen LogP contribution in [0.15, 0.2) is 18.2 Å². The van der Waals surface area contributed by atoms with Gasteiger partial charge in [-0.25, -0.2) is 0 Å². The van der Waals surface area contributed by atoms with Gasteiger partial charge < -0.3 is 0 Å². The molecule has 2 nitrogen and oxygen atoms in total. The summed E-state index contributed by atoms with van der Waals surface area (Å²) in [6.07, 6.45) is 0. The van der Waals surface area contributed by atoms with E-state index in [-0.39, 0.29) is 0 Å². The Labute approximate surface area is 89.6 Å². The maximum atomic E-state index is 8.79. The summed E-state index contributed by atoms with van der Waals surface area (Å²) in [5.41, 5.74) is 0.799. The van der Waals surface area contributed by atoms with Gasteiger partial charge in [-0.05, 0) is 23.6 Å². The van der Waals surface area contributed by atoms with Crippen LogP contribution in [0, 0.1) is 22.7 Å². The monoisotopic (exact) mass is 218 g/mol. The van der Waals surface area contributed by atoms with E-state index in [0.29, 0.717) is 15.5 Å². The number of halogens is 1. The Morgan fingerprint density at radius 3 is 2.36 bits per heavy atom. The molecule has 0 saturated heterocycles. The number of nitrogens with zero attached hydrogens (tertiary/aromatic N) is 2. The Morgan fingerprint density at radius 2 is 1.71 bits per heavy atom. The number of thiophene rings is 1. The van der Waals surface area contributed by atoms with E-state index in [1.54, 1.807) is 18.2 Å². The Bertz CT molecular complexity index is 535. The zero-order chi connectivity index (χ0) is 10.1. The predicted molar refractivity (Wildman–Crippen MR) is 56.3 cm³/mol. The molecule has 0 N–H and O–H groups in total. The zero-order valence-corrected chi connectivity index (χ0v) is 8.49. The molecule has 1 aromatic carbocycles. The molecule has 0 aliphatic heterocycles. The summed E-state index contributed by atoms with van der Waals surface area (Å²) in [5.74, 6) is 0. The largest absolute Gasteiger partial charge is 0.192 e. The summed E-state index contributed by atoms with van der Waals surface area (Å²) in [7, 11) is 0. The second-order valence-electron chi connectivity index (χ2n) is 2.71. The number of benzene rings is 1. The molecule has 0 unspecified atom stereocenters. The first-order valence-corrected chi connectivity index (χ1v) is 4.97. The van der Waals surface area contributed by atoms with E-state index < -0.39 is 0 Å². The average molecular weight is 219 g/mol. The van der Waals surface area contributed by atoms with Crippen LogP contribution in [-0.2, 0) is 0 Å². The summed E-state index contributed by atoms with van der Waals surface area (Å²) in [6, 6.07) is 9.16. The van der Waals surface area contributed by atoms with Crippen molar-refractivity contribution in [3.05, 3.63) is 33.7 Å². The van der Waals surface area contributed by atoms with Gasteiger partial charge in [0.25, 0.3) is 0 Å². The van der Waals surface area contributed by atoms with E-state index in [0.717, 1.165) is 10.1 Å². The van der Waals surface area contributed by atoms with Crippen LogP contribution < -0.4 is 0 Å². The molecule has 14 heavy (non-hydrogen) atoms. The lowest BCUT2D eigenvalue weighted by Crippen LogP contribution is -1.81. The van der Waals surface area contributed by atoms with Crippen molar-refractivity contribution >= 4 is 33.0 Å². The molecule has 66 valence electrons. The number of rotatable bonds is 0.